The van der Waals surface area contributed by atoms with E-state index in [4.69, 9.17) is 5.73 Å². The lowest BCUT2D eigenvalue weighted by atomic mass is 9.80. The topological polar surface area (TPSA) is 46.3 Å². The highest BCUT2D eigenvalue weighted by Gasteiger charge is 2.40. The quantitative estimate of drug-likeness (QED) is 0.933. The number of nitrogens with zero attached hydrogens (tertiary/aromatic N) is 1. The molecule has 21 heavy (non-hydrogen) atoms. The minimum absolute atomic E-state index is 0. The van der Waals surface area contributed by atoms with Crippen LogP contribution in [0.5, 0.6) is 0 Å². The van der Waals surface area contributed by atoms with Crippen LogP contribution in [0, 0.1) is 12.8 Å². The third kappa shape index (κ3) is 3.41. The van der Waals surface area contributed by atoms with Crippen molar-refractivity contribution in [3.8, 4) is 0 Å². The molecule has 0 aliphatic carbocycles. The van der Waals surface area contributed by atoms with Gasteiger partial charge in [0.25, 0.3) is 0 Å². The predicted octanol–water partition coefficient (Wildman–Crippen LogP) is 2.89. The average molecular weight is 311 g/mol. The maximum absolute atomic E-state index is 13.0. The SMILES string of the molecule is Cc1ccccc1C(C)(C)C(=O)N1CC(CN)CC1C.Cl. The molecule has 0 radical (unpaired) electrons. The Balaban J connectivity index is 0.00000220. The molecule has 0 spiro atoms. The summed E-state index contributed by atoms with van der Waals surface area (Å²) in [6.45, 7) is 9.72. The van der Waals surface area contributed by atoms with Gasteiger partial charge in [0.15, 0.2) is 0 Å². The van der Waals surface area contributed by atoms with E-state index in [1.165, 1.54) is 5.56 Å². The molecule has 1 aromatic rings. The zero-order valence-corrected chi connectivity index (χ0v) is 14.2. The summed E-state index contributed by atoms with van der Waals surface area (Å²) in [7, 11) is 0. The van der Waals surface area contributed by atoms with Gasteiger partial charge in [0.05, 0.1) is 5.41 Å². The van der Waals surface area contributed by atoms with Crippen molar-refractivity contribution in [2.75, 3.05) is 13.1 Å². The van der Waals surface area contributed by atoms with Crippen LogP contribution in [0.1, 0.15) is 38.3 Å². The number of hydrogen-bond acceptors (Lipinski definition) is 2. The lowest BCUT2D eigenvalue weighted by molar-refractivity contribution is -0.137. The van der Waals surface area contributed by atoms with Gasteiger partial charge in [0.2, 0.25) is 5.91 Å². The summed E-state index contributed by atoms with van der Waals surface area (Å²) in [6.07, 6.45) is 1.02. The molecule has 3 nitrogen and oxygen atoms in total. The van der Waals surface area contributed by atoms with Crippen molar-refractivity contribution in [2.24, 2.45) is 11.7 Å². The van der Waals surface area contributed by atoms with Crippen molar-refractivity contribution < 1.29 is 4.79 Å². The number of carbonyl (C=O) groups excluding carboxylic acids is 1. The molecule has 1 fully saturated rings. The van der Waals surface area contributed by atoms with Gasteiger partial charge in [-0.05, 0) is 57.7 Å². The standard InChI is InChI=1S/C17H26N2O.ClH/c1-12-7-5-6-8-15(12)17(3,4)16(20)19-11-14(10-18)9-13(19)2;/h5-8,13-14H,9-11,18H2,1-4H3;1H. The van der Waals surface area contributed by atoms with E-state index in [1.54, 1.807) is 0 Å². The van der Waals surface area contributed by atoms with E-state index in [2.05, 4.69) is 26.0 Å². The van der Waals surface area contributed by atoms with Crippen LogP contribution in [-0.4, -0.2) is 29.9 Å². The van der Waals surface area contributed by atoms with Crippen molar-refractivity contribution in [3.05, 3.63) is 35.4 Å². The van der Waals surface area contributed by atoms with Crippen molar-refractivity contribution in [1.82, 2.24) is 4.90 Å². The Morgan fingerprint density at radius 2 is 2.00 bits per heavy atom. The van der Waals surface area contributed by atoms with Crippen LogP contribution in [0.3, 0.4) is 0 Å². The second-order valence-electron chi connectivity index (χ2n) is 6.58. The van der Waals surface area contributed by atoms with Crippen molar-refractivity contribution in [2.45, 2.75) is 45.6 Å². The summed E-state index contributed by atoms with van der Waals surface area (Å²) in [5.41, 5.74) is 7.57. The van der Waals surface area contributed by atoms with E-state index in [1.807, 2.05) is 30.9 Å². The molecular weight excluding hydrogens is 284 g/mol. The van der Waals surface area contributed by atoms with Crippen molar-refractivity contribution in [1.29, 1.82) is 0 Å². The maximum Gasteiger partial charge on any atom is 0.232 e. The molecule has 1 aliphatic heterocycles. The highest BCUT2D eigenvalue weighted by molar-refractivity contribution is 5.88. The van der Waals surface area contributed by atoms with Gasteiger partial charge in [-0.15, -0.1) is 12.4 Å². The first-order valence-electron chi connectivity index (χ1n) is 7.45. The molecule has 2 rings (SSSR count). The van der Waals surface area contributed by atoms with Crippen molar-refractivity contribution >= 4 is 18.3 Å². The number of likely N-dealkylation sites (tertiary alicyclic amines) is 1. The summed E-state index contributed by atoms with van der Waals surface area (Å²) in [5, 5.41) is 0. The third-order valence-corrected chi connectivity index (χ3v) is 4.61. The normalized spacial score (nSPS) is 22.0. The lowest BCUT2D eigenvalue weighted by Gasteiger charge is -2.33. The summed E-state index contributed by atoms with van der Waals surface area (Å²) in [6, 6.07) is 8.45. The van der Waals surface area contributed by atoms with Crippen LogP contribution in [0.25, 0.3) is 0 Å². The third-order valence-electron chi connectivity index (χ3n) is 4.61. The Bertz CT molecular complexity index is 501. The Kier molecular flexibility index (Phi) is 5.83. The first kappa shape index (κ1) is 18.0. The first-order valence-corrected chi connectivity index (χ1v) is 7.45. The van der Waals surface area contributed by atoms with Crippen LogP contribution in [0.4, 0.5) is 0 Å². The number of aryl methyl sites for hydroxylation is 1. The minimum Gasteiger partial charge on any atom is -0.339 e. The number of carbonyl (C=O) groups is 1. The fraction of sp³-hybridized carbons (Fsp3) is 0.588. The fourth-order valence-corrected chi connectivity index (χ4v) is 3.34. The van der Waals surface area contributed by atoms with Gasteiger partial charge in [-0.2, -0.15) is 0 Å². The van der Waals surface area contributed by atoms with E-state index >= 15 is 0 Å². The molecule has 4 heteroatoms. The Morgan fingerprint density at radius 3 is 2.52 bits per heavy atom. The van der Waals surface area contributed by atoms with Gasteiger partial charge in [-0.1, -0.05) is 24.3 Å². The largest absolute Gasteiger partial charge is 0.339 e. The molecule has 2 N–H and O–H groups in total. The van der Waals surface area contributed by atoms with E-state index < -0.39 is 5.41 Å². The molecule has 1 aromatic carbocycles. The Labute approximate surface area is 134 Å². The second kappa shape index (κ2) is 6.80. The molecule has 0 saturated carbocycles. The van der Waals surface area contributed by atoms with Crippen LogP contribution < -0.4 is 5.73 Å². The van der Waals surface area contributed by atoms with Gasteiger partial charge in [-0.25, -0.2) is 0 Å². The Hall–Kier alpha value is -1.06. The minimum atomic E-state index is -0.483. The average Bonchev–Trinajstić information content (AvgIpc) is 2.79. The van der Waals surface area contributed by atoms with E-state index in [9.17, 15) is 4.79 Å². The first-order chi connectivity index (χ1) is 9.37. The molecule has 0 aromatic heterocycles. The zero-order valence-electron chi connectivity index (χ0n) is 13.4. The number of hydrogen-bond donors (Lipinski definition) is 1. The van der Waals surface area contributed by atoms with Gasteiger partial charge >= 0.3 is 0 Å². The molecule has 1 heterocycles. The number of amides is 1. The highest BCUT2D eigenvalue weighted by atomic mass is 35.5. The van der Waals surface area contributed by atoms with Gasteiger partial charge < -0.3 is 10.6 Å². The molecule has 2 unspecified atom stereocenters. The summed E-state index contributed by atoms with van der Waals surface area (Å²) >= 11 is 0. The zero-order chi connectivity index (χ0) is 14.9. The molecule has 118 valence electrons. The molecule has 0 bridgehead atoms. The monoisotopic (exact) mass is 310 g/mol. The lowest BCUT2D eigenvalue weighted by Crippen LogP contribution is -2.45. The van der Waals surface area contributed by atoms with E-state index in [0.29, 0.717) is 18.5 Å². The van der Waals surface area contributed by atoms with Crippen LogP contribution >= 0.6 is 12.4 Å². The summed E-state index contributed by atoms with van der Waals surface area (Å²) in [5.74, 6) is 0.664. The number of halogens is 1. The fourth-order valence-electron chi connectivity index (χ4n) is 3.34. The molecule has 1 amide bonds. The molecule has 1 saturated heterocycles. The second-order valence-corrected chi connectivity index (χ2v) is 6.58. The van der Waals surface area contributed by atoms with Crippen LogP contribution in [0.2, 0.25) is 0 Å². The van der Waals surface area contributed by atoms with E-state index in [0.717, 1.165) is 18.5 Å². The molecular formula is C17H27ClN2O. The number of rotatable bonds is 3. The van der Waals surface area contributed by atoms with Crippen LogP contribution in [-0.2, 0) is 10.2 Å². The summed E-state index contributed by atoms with van der Waals surface area (Å²) < 4.78 is 0. The predicted molar refractivity (Wildman–Crippen MR) is 89.8 cm³/mol. The maximum atomic E-state index is 13.0. The number of benzene rings is 1. The van der Waals surface area contributed by atoms with Gasteiger partial charge in [-0.3, -0.25) is 4.79 Å². The van der Waals surface area contributed by atoms with E-state index in [-0.39, 0.29) is 18.3 Å². The van der Waals surface area contributed by atoms with Crippen molar-refractivity contribution in [3.63, 3.8) is 0 Å². The summed E-state index contributed by atoms with van der Waals surface area (Å²) in [4.78, 5) is 15.0. The van der Waals surface area contributed by atoms with Gasteiger partial charge in [0, 0.05) is 12.6 Å². The molecule has 1 aliphatic rings. The smallest absolute Gasteiger partial charge is 0.232 e. The van der Waals surface area contributed by atoms with Crippen LogP contribution in [0.15, 0.2) is 24.3 Å². The Morgan fingerprint density at radius 1 is 1.38 bits per heavy atom. The molecule has 2 atom stereocenters. The number of nitrogens with two attached hydrogens (primary N) is 1. The van der Waals surface area contributed by atoms with Gasteiger partial charge in [0.1, 0.15) is 0 Å². The highest BCUT2D eigenvalue weighted by Crippen LogP contribution is 2.32.